The molecule has 0 bridgehead atoms. The van der Waals surface area contributed by atoms with Gasteiger partial charge in [-0.25, -0.2) is 0 Å². The Hall–Kier alpha value is -1.81. The van der Waals surface area contributed by atoms with E-state index in [1.54, 1.807) is 19.2 Å². The molecule has 0 radical (unpaired) electrons. The predicted molar refractivity (Wildman–Crippen MR) is 69.4 cm³/mol. The van der Waals surface area contributed by atoms with Gasteiger partial charge in [-0.05, 0) is 24.6 Å². The van der Waals surface area contributed by atoms with Gasteiger partial charge >= 0.3 is 0 Å². The molecule has 0 aliphatic carbocycles. The summed E-state index contributed by atoms with van der Waals surface area (Å²) >= 11 is 5.93. The van der Waals surface area contributed by atoms with Crippen LogP contribution in [0.25, 0.3) is 0 Å². The summed E-state index contributed by atoms with van der Waals surface area (Å²) < 4.78 is 6.64. The van der Waals surface area contributed by atoms with Gasteiger partial charge in [0, 0.05) is 17.6 Å². The molecule has 5 heteroatoms. The van der Waals surface area contributed by atoms with Gasteiger partial charge in [0.25, 0.3) is 0 Å². The summed E-state index contributed by atoms with van der Waals surface area (Å²) in [7, 11) is 3.22. The van der Waals surface area contributed by atoms with Crippen molar-refractivity contribution in [2.45, 2.75) is 6.92 Å². The molecule has 0 atom stereocenters. The molecule has 1 aromatic heterocycles. The molecule has 4 nitrogen and oxygen atoms in total. The minimum Gasteiger partial charge on any atom is -0.493 e. The third-order valence-corrected chi connectivity index (χ3v) is 3.02. The van der Waals surface area contributed by atoms with Crippen molar-refractivity contribution in [3.05, 3.63) is 46.2 Å². The van der Waals surface area contributed by atoms with Crippen LogP contribution in [0.4, 0.5) is 0 Å². The predicted octanol–water partition coefficient (Wildman–Crippen LogP) is 2.62. The van der Waals surface area contributed by atoms with Gasteiger partial charge in [-0.3, -0.25) is 9.48 Å². The lowest BCUT2D eigenvalue weighted by molar-refractivity contribution is 0.102. The molecule has 0 saturated heterocycles. The van der Waals surface area contributed by atoms with Gasteiger partial charge < -0.3 is 4.74 Å². The van der Waals surface area contributed by atoms with Crippen LogP contribution in [0, 0.1) is 6.92 Å². The van der Waals surface area contributed by atoms with Crippen molar-refractivity contribution in [2.75, 3.05) is 7.11 Å². The van der Waals surface area contributed by atoms with Crippen molar-refractivity contribution in [1.29, 1.82) is 0 Å². The number of aromatic nitrogens is 2. The summed E-state index contributed by atoms with van der Waals surface area (Å²) in [4.78, 5) is 12.5. The van der Waals surface area contributed by atoms with E-state index in [1.165, 1.54) is 18.0 Å². The second-order valence-electron chi connectivity index (χ2n) is 3.97. The van der Waals surface area contributed by atoms with E-state index in [4.69, 9.17) is 16.3 Å². The Bertz CT molecular complexity index is 605. The molecule has 1 heterocycles. The monoisotopic (exact) mass is 264 g/mol. The average molecular weight is 265 g/mol. The van der Waals surface area contributed by atoms with Crippen molar-refractivity contribution >= 4 is 17.4 Å². The Morgan fingerprint density at radius 2 is 2.17 bits per heavy atom. The van der Waals surface area contributed by atoms with E-state index in [-0.39, 0.29) is 5.78 Å². The van der Waals surface area contributed by atoms with Crippen molar-refractivity contribution in [3.63, 3.8) is 0 Å². The summed E-state index contributed by atoms with van der Waals surface area (Å²) in [5.41, 5.74) is 1.85. The molecule has 0 aliphatic rings. The number of ketones is 1. The normalized spacial score (nSPS) is 10.4. The standard InChI is InChI=1S/C13H13ClN2O2/c1-8-4-5-9(14)6-10(8)13(17)12-11(18-3)7-15-16(12)2/h4-7H,1-3H3. The van der Waals surface area contributed by atoms with E-state index in [9.17, 15) is 4.79 Å². The molecule has 0 amide bonds. The molecular formula is C13H13ClN2O2. The lowest BCUT2D eigenvalue weighted by Gasteiger charge is -2.07. The van der Waals surface area contributed by atoms with E-state index < -0.39 is 0 Å². The average Bonchev–Trinajstić information content (AvgIpc) is 2.72. The Kier molecular flexibility index (Phi) is 3.39. The molecule has 0 N–H and O–H groups in total. The molecule has 0 spiro atoms. The van der Waals surface area contributed by atoms with Crippen molar-refractivity contribution < 1.29 is 9.53 Å². The number of carbonyl (C=O) groups excluding carboxylic acids is 1. The SMILES string of the molecule is COc1cnn(C)c1C(=O)c1cc(Cl)ccc1C. The van der Waals surface area contributed by atoms with E-state index in [2.05, 4.69) is 5.10 Å². The minimum atomic E-state index is -0.146. The van der Waals surface area contributed by atoms with Gasteiger partial charge in [-0.15, -0.1) is 0 Å². The lowest BCUT2D eigenvalue weighted by Crippen LogP contribution is -2.11. The third-order valence-electron chi connectivity index (χ3n) is 2.78. The Balaban J connectivity index is 2.54. The first-order valence-electron chi connectivity index (χ1n) is 5.41. The molecule has 94 valence electrons. The van der Waals surface area contributed by atoms with Gasteiger partial charge in [-0.2, -0.15) is 5.10 Å². The Morgan fingerprint density at radius 1 is 1.44 bits per heavy atom. The zero-order valence-corrected chi connectivity index (χ0v) is 11.2. The zero-order valence-electron chi connectivity index (χ0n) is 10.4. The third kappa shape index (κ3) is 2.11. The number of aryl methyl sites for hydroxylation is 2. The first kappa shape index (κ1) is 12.6. The number of carbonyl (C=O) groups is 1. The number of methoxy groups -OCH3 is 1. The molecule has 0 saturated carbocycles. The van der Waals surface area contributed by atoms with Gasteiger partial charge in [-0.1, -0.05) is 17.7 Å². The Morgan fingerprint density at radius 3 is 2.83 bits per heavy atom. The number of halogens is 1. The highest BCUT2D eigenvalue weighted by Gasteiger charge is 2.20. The fourth-order valence-corrected chi connectivity index (χ4v) is 1.96. The van der Waals surface area contributed by atoms with Gasteiger partial charge in [0.15, 0.2) is 11.4 Å². The molecule has 0 aliphatic heterocycles. The molecule has 1 aromatic carbocycles. The van der Waals surface area contributed by atoms with E-state index >= 15 is 0 Å². The number of hydrogen-bond acceptors (Lipinski definition) is 3. The maximum Gasteiger partial charge on any atom is 0.215 e. The fraction of sp³-hybridized carbons (Fsp3) is 0.231. The van der Waals surface area contributed by atoms with Crippen LogP contribution in [-0.2, 0) is 7.05 Å². The molecule has 2 rings (SSSR count). The van der Waals surface area contributed by atoms with Crippen molar-refractivity contribution in [2.24, 2.45) is 7.05 Å². The van der Waals surface area contributed by atoms with Crippen LogP contribution in [-0.4, -0.2) is 22.7 Å². The van der Waals surface area contributed by atoms with Crippen LogP contribution in [0.15, 0.2) is 24.4 Å². The number of nitrogens with zero attached hydrogens (tertiary/aromatic N) is 2. The summed E-state index contributed by atoms with van der Waals surface area (Å²) in [5.74, 6) is 0.314. The van der Waals surface area contributed by atoms with Crippen LogP contribution >= 0.6 is 11.6 Å². The quantitative estimate of drug-likeness (QED) is 0.801. The minimum absolute atomic E-state index is 0.146. The van der Waals surface area contributed by atoms with Crippen LogP contribution in [0.1, 0.15) is 21.6 Å². The maximum absolute atomic E-state index is 12.5. The highest BCUT2D eigenvalue weighted by molar-refractivity contribution is 6.31. The summed E-state index contributed by atoms with van der Waals surface area (Å²) in [6.45, 7) is 1.87. The van der Waals surface area contributed by atoms with E-state index in [0.29, 0.717) is 22.0 Å². The van der Waals surface area contributed by atoms with E-state index in [1.807, 2.05) is 13.0 Å². The van der Waals surface area contributed by atoms with Gasteiger partial charge in [0.1, 0.15) is 0 Å². The number of hydrogen-bond donors (Lipinski definition) is 0. The van der Waals surface area contributed by atoms with E-state index in [0.717, 1.165) is 5.56 Å². The number of rotatable bonds is 3. The Labute approximate surface area is 110 Å². The zero-order chi connectivity index (χ0) is 13.3. The molecular weight excluding hydrogens is 252 g/mol. The number of benzene rings is 1. The molecule has 18 heavy (non-hydrogen) atoms. The highest BCUT2D eigenvalue weighted by atomic mass is 35.5. The topological polar surface area (TPSA) is 44.1 Å². The number of ether oxygens (including phenoxy) is 1. The van der Waals surface area contributed by atoms with Gasteiger partial charge in [0.05, 0.1) is 13.3 Å². The van der Waals surface area contributed by atoms with Crippen molar-refractivity contribution in [3.8, 4) is 5.75 Å². The smallest absolute Gasteiger partial charge is 0.215 e. The second-order valence-corrected chi connectivity index (χ2v) is 4.41. The fourth-order valence-electron chi connectivity index (χ4n) is 1.79. The van der Waals surface area contributed by atoms with Crippen LogP contribution in [0.2, 0.25) is 5.02 Å². The lowest BCUT2D eigenvalue weighted by atomic mass is 10.0. The summed E-state index contributed by atoms with van der Waals surface area (Å²) in [6.07, 6.45) is 1.52. The largest absolute Gasteiger partial charge is 0.493 e. The van der Waals surface area contributed by atoms with Crippen LogP contribution in [0.5, 0.6) is 5.75 Å². The first-order valence-corrected chi connectivity index (χ1v) is 5.79. The van der Waals surface area contributed by atoms with Crippen LogP contribution in [0.3, 0.4) is 0 Å². The molecule has 2 aromatic rings. The second kappa shape index (κ2) is 4.82. The van der Waals surface area contributed by atoms with Crippen molar-refractivity contribution in [1.82, 2.24) is 9.78 Å². The highest BCUT2D eigenvalue weighted by Crippen LogP contribution is 2.24. The van der Waals surface area contributed by atoms with Gasteiger partial charge in [0.2, 0.25) is 5.78 Å². The first-order chi connectivity index (χ1) is 8.54. The maximum atomic E-state index is 12.5. The molecule has 0 fully saturated rings. The summed E-state index contributed by atoms with van der Waals surface area (Å²) in [6, 6.07) is 5.23. The van der Waals surface area contributed by atoms with Crippen LogP contribution < -0.4 is 4.74 Å². The summed E-state index contributed by atoms with van der Waals surface area (Å²) in [5, 5.41) is 4.56. The molecule has 0 unspecified atom stereocenters.